The van der Waals surface area contributed by atoms with Gasteiger partial charge in [0.05, 0.1) is 7.11 Å². The van der Waals surface area contributed by atoms with Crippen molar-refractivity contribution in [1.29, 1.82) is 0 Å². The molecule has 0 amide bonds. The number of hydrogen-bond donors (Lipinski definition) is 1. The lowest BCUT2D eigenvalue weighted by atomic mass is 10.2. The van der Waals surface area contributed by atoms with Crippen molar-refractivity contribution >= 4 is 23.2 Å². The Morgan fingerprint density at radius 3 is 2.57 bits per heavy atom. The first-order valence-corrected chi connectivity index (χ1v) is 7.28. The molecule has 0 saturated carbocycles. The molecule has 5 heteroatoms. The minimum absolute atomic E-state index is 0.401. The molecule has 0 aromatic heterocycles. The summed E-state index contributed by atoms with van der Waals surface area (Å²) in [7, 11) is 3.48. The molecule has 1 N–H and O–H groups in total. The fraction of sp³-hybridized carbons (Fsp3) is 0.250. The van der Waals surface area contributed by atoms with E-state index >= 15 is 0 Å². The quantitative estimate of drug-likeness (QED) is 0.858. The molecule has 112 valence electrons. The molecule has 21 heavy (non-hydrogen) atoms. The van der Waals surface area contributed by atoms with E-state index in [0.717, 1.165) is 11.1 Å². The van der Waals surface area contributed by atoms with Crippen molar-refractivity contribution in [1.82, 2.24) is 5.32 Å². The molecule has 3 nitrogen and oxygen atoms in total. The summed E-state index contributed by atoms with van der Waals surface area (Å²) in [6, 6.07) is 11.2. The molecule has 0 bridgehead atoms. The lowest BCUT2D eigenvalue weighted by molar-refractivity contribution is 0.284. The first kappa shape index (κ1) is 16.0. The summed E-state index contributed by atoms with van der Waals surface area (Å²) in [6.45, 7) is 1.07. The van der Waals surface area contributed by atoms with Gasteiger partial charge in [-0.1, -0.05) is 35.3 Å². The molecule has 2 aromatic rings. The third-order valence-corrected chi connectivity index (χ3v) is 3.57. The zero-order chi connectivity index (χ0) is 15.2. The van der Waals surface area contributed by atoms with Crippen LogP contribution in [0.15, 0.2) is 36.4 Å². The van der Waals surface area contributed by atoms with Gasteiger partial charge in [0.1, 0.15) is 6.61 Å². The van der Waals surface area contributed by atoms with Crippen molar-refractivity contribution in [3.63, 3.8) is 0 Å². The lowest BCUT2D eigenvalue weighted by Crippen LogP contribution is -2.06. The molecule has 0 unspecified atom stereocenters. The van der Waals surface area contributed by atoms with Crippen molar-refractivity contribution < 1.29 is 9.47 Å². The molecule has 2 aromatic carbocycles. The Kier molecular flexibility index (Phi) is 5.74. The standard InChI is InChI=1S/C16H17Cl2NO2/c1-19-9-12-7-15(20-2)16(8-14(12)18)21-10-11-4-3-5-13(17)6-11/h3-8,19H,9-10H2,1-2H3. The maximum absolute atomic E-state index is 6.25. The highest BCUT2D eigenvalue weighted by Gasteiger charge is 2.10. The zero-order valence-corrected chi connectivity index (χ0v) is 13.5. The normalized spacial score (nSPS) is 10.5. The van der Waals surface area contributed by atoms with Crippen LogP contribution in [0.1, 0.15) is 11.1 Å². The van der Waals surface area contributed by atoms with Crippen molar-refractivity contribution in [3.05, 3.63) is 57.6 Å². The van der Waals surface area contributed by atoms with Gasteiger partial charge in [0.25, 0.3) is 0 Å². The van der Waals surface area contributed by atoms with E-state index in [1.165, 1.54) is 0 Å². The van der Waals surface area contributed by atoms with Crippen LogP contribution in [-0.4, -0.2) is 14.2 Å². The molecule has 2 rings (SSSR count). The third-order valence-electron chi connectivity index (χ3n) is 2.98. The predicted octanol–water partition coefficient (Wildman–Crippen LogP) is 4.30. The van der Waals surface area contributed by atoms with E-state index in [0.29, 0.717) is 34.7 Å². The molecule has 0 saturated heterocycles. The molecule has 0 heterocycles. The second-order valence-electron chi connectivity index (χ2n) is 4.54. The summed E-state index contributed by atoms with van der Waals surface area (Å²) >= 11 is 12.2. The third kappa shape index (κ3) is 4.27. The van der Waals surface area contributed by atoms with E-state index in [2.05, 4.69) is 5.32 Å². The van der Waals surface area contributed by atoms with Gasteiger partial charge in [0.2, 0.25) is 0 Å². The number of benzene rings is 2. The number of rotatable bonds is 6. The van der Waals surface area contributed by atoms with Crippen LogP contribution >= 0.6 is 23.2 Å². The van der Waals surface area contributed by atoms with Crippen molar-refractivity contribution in [2.45, 2.75) is 13.2 Å². The van der Waals surface area contributed by atoms with E-state index in [1.807, 2.05) is 37.4 Å². The van der Waals surface area contributed by atoms with Crippen LogP contribution in [0.25, 0.3) is 0 Å². The number of hydrogen-bond acceptors (Lipinski definition) is 3. The fourth-order valence-electron chi connectivity index (χ4n) is 1.96. The topological polar surface area (TPSA) is 30.5 Å². The van der Waals surface area contributed by atoms with Gasteiger partial charge in [-0.25, -0.2) is 0 Å². The largest absolute Gasteiger partial charge is 0.493 e. The van der Waals surface area contributed by atoms with E-state index in [1.54, 1.807) is 13.2 Å². The summed E-state index contributed by atoms with van der Waals surface area (Å²) in [5.74, 6) is 1.27. The number of halogens is 2. The molecule has 0 aliphatic rings. The second-order valence-corrected chi connectivity index (χ2v) is 5.39. The number of nitrogens with one attached hydrogen (secondary N) is 1. The minimum atomic E-state index is 0.401. The highest BCUT2D eigenvalue weighted by molar-refractivity contribution is 6.31. The Morgan fingerprint density at radius 2 is 1.90 bits per heavy atom. The molecular weight excluding hydrogens is 309 g/mol. The van der Waals surface area contributed by atoms with Gasteiger partial charge < -0.3 is 14.8 Å². The first-order chi connectivity index (χ1) is 10.1. The van der Waals surface area contributed by atoms with E-state index in [4.69, 9.17) is 32.7 Å². The summed E-state index contributed by atoms with van der Waals surface area (Å²) in [6.07, 6.45) is 0. The number of ether oxygens (including phenoxy) is 2. The smallest absolute Gasteiger partial charge is 0.163 e. The van der Waals surface area contributed by atoms with Gasteiger partial charge in [0, 0.05) is 22.7 Å². The highest BCUT2D eigenvalue weighted by Crippen LogP contribution is 2.34. The van der Waals surface area contributed by atoms with Crippen molar-refractivity contribution in [2.75, 3.05) is 14.2 Å². The van der Waals surface area contributed by atoms with Gasteiger partial charge in [0.15, 0.2) is 11.5 Å². The van der Waals surface area contributed by atoms with Gasteiger partial charge in [-0.2, -0.15) is 0 Å². The molecule has 0 aliphatic heterocycles. The Bertz CT molecular complexity index is 617. The molecule has 0 atom stereocenters. The minimum Gasteiger partial charge on any atom is -0.493 e. The molecule has 0 spiro atoms. The summed E-state index contributed by atoms with van der Waals surface area (Å²) in [5.41, 5.74) is 1.95. The molecular formula is C16H17Cl2NO2. The Morgan fingerprint density at radius 1 is 1.10 bits per heavy atom. The van der Waals surface area contributed by atoms with Gasteiger partial charge in [-0.3, -0.25) is 0 Å². The monoisotopic (exact) mass is 325 g/mol. The van der Waals surface area contributed by atoms with Crippen LogP contribution in [0.2, 0.25) is 10.0 Å². The highest BCUT2D eigenvalue weighted by atomic mass is 35.5. The van der Waals surface area contributed by atoms with Crippen molar-refractivity contribution in [3.8, 4) is 11.5 Å². The molecule has 0 radical (unpaired) electrons. The van der Waals surface area contributed by atoms with E-state index in [-0.39, 0.29) is 0 Å². The zero-order valence-electron chi connectivity index (χ0n) is 12.0. The van der Waals surface area contributed by atoms with Crippen LogP contribution in [0.5, 0.6) is 11.5 Å². The fourth-order valence-corrected chi connectivity index (χ4v) is 2.40. The van der Waals surface area contributed by atoms with Crippen LogP contribution in [0.3, 0.4) is 0 Å². The predicted molar refractivity (Wildman–Crippen MR) is 86.6 cm³/mol. The van der Waals surface area contributed by atoms with Crippen LogP contribution in [0, 0.1) is 0 Å². The van der Waals surface area contributed by atoms with Crippen molar-refractivity contribution in [2.24, 2.45) is 0 Å². The van der Waals surface area contributed by atoms with Gasteiger partial charge >= 0.3 is 0 Å². The molecule has 0 aliphatic carbocycles. The number of methoxy groups -OCH3 is 1. The Hall–Kier alpha value is -1.42. The van der Waals surface area contributed by atoms with Gasteiger partial charge in [-0.15, -0.1) is 0 Å². The average molecular weight is 326 g/mol. The maximum atomic E-state index is 6.25. The first-order valence-electron chi connectivity index (χ1n) is 6.52. The van der Waals surface area contributed by atoms with Crippen LogP contribution < -0.4 is 14.8 Å². The maximum Gasteiger partial charge on any atom is 0.163 e. The SMILES string of the molecule is CNCc1cc(OC)c(OCc2cccc(Cl)c2)cc1Cl. The van der Waals surface area contributed by atoms with E-state index < -0.39 is 0 Å². The average Bonchev–Trinajstić information content (AvgIpc) is 2.47. The Balaban J connectivity index is 2.17. The Labute approximate surface area is 134 Å². The van der Waals surface area contributed by atoms with Gasteiger partial charge in [-0.05, 0) is 36.4 Å². The summed E-state index contributed by atoms with van der Waals surface area (Å²) < 4.78 is 11.2. The van der Waals surface area contributed by atoms with E-state index in [9.17, 15) is 0 Å². The van der Waals surface area contributed by atoms with Crippen LogP contribution in [-0.2, 0) is 13.2 Å². The second kappa shape index (κ2) is 7.55. The van der Waals surface area contributed by atoms with Crippen LogP contribution in [0.4, 0.5) is 0 Å². The summed E-state index contributed by atoms with van der Waals surface area (Å²) in [5, 5.41) is 4.39. The molecule has 0 fully saturated rings. The summed E-state index contributed by atoms with van der Waals surface area (Å²) in [4.78, 5) is 0. The lowest BCUT2D eigenvalue weighted by Gasteiger charge is -2.14.